The predicted molar refractivity (Wildman–Crippen MR) is 124 cm³/mol. The van der Waals surface area contributed by atoms with Crippen LogP contribution in [0.15, 0.2) is 40.3 Å². The fourth-order valence-corrected chi connectivity index (χ4v) is 4.28. The molecular formula is C23H34N4O2S. The molecule has 1 N–H and O–H groups in total. The van der Waals surface area contributed by atoms with Gasteiger partial charge in [0, 0.05) is 37.8 Å². The molecule has 2 rings (SSSR count). The third kappa shape index (κ3) is 6.99. The Morgan fingerprint density at radius 1 is 1.27 bits per heavy atom. The lowest BCUT2D eigenvalue weighted by molar-refractivity contribution is -0.120. The van der Waals surface area contributed by atoms with Gasteiger partial charge in [0.1, 0.15) is 0 Å². The highest BCUT2D eigenvalue weighted by molar-refractivity contribution is 8.00. The molecule has 1 unspecified atom stereocenters. The van der Waals surface area contributed by atoms with Crippen molar-refractivity contribution in [1.29, 1.82) is 0 Å². The highest BCUT2D eigenvalue weighted by atomic mass is 32.2. The molecule has 0 radical (unpaired) electrons. The Kier molecular flexibility index (Phi) is 9.59. The van der Waals surface area contributed by atoms with Gasteiger partial charge in [0.2, 0.25) is 5.91 Å². The topological polar surface area (TPSA) is 67.2 Å². The van der Waals surface area contributed by atoms with Crippen molar-refractivity contribution in [3.8, 4) is 0 Å². The van der Waals surface area contributed by atoms with Crippen molar-refractivity contribution in [2.75, 3.05) is 27.2 Å². The van der Waals surface area contributed by atoms with Crippen LogP contribution in [0.25, 0.3) is 0 Å². The number of thioether (sulfide) groups is 1. The van der Waals surface area contributed by atoms with Crippen molar-refractivity contribution < 1.29 is 4.79 Å². The molecule has 0 saturated carbocycles. The smallest absolute Gasteiger partial charge is 0.257 e. The summed E-state index contributed by atoms with van der Waals surface area (Å²) in [6.07, 6.45) is 3.29. The normalized spacial score (nSPS) is 12.2. The van der Waals surface area contributed by atoms with Crippen LogP contribution in [0.1, 0.15) is 43.0 Å². The molecule has 0 aliphatic rings. The minimum Gasteiger partial charge on any atom is -0.354 e. The second kappa shape index (κ2) is 11.9. The summed E-state index contributed by atoms with van der Waals surface area (Å²) in [5.74, 6) is 0.00978. The van der Waals surface area contributed by atoms with Gasteiger partial charge < -0.3 is 10.2 Å². The number of hydrogen-bond acceptors (Lipinski definition) is 5. The number of benzene rings is 1. The van der Waals surface area contributed by atoms with E-state index in [0.29, 0.717) is 23.7 Å². The molecule has 1 aromatic carbocycles. The summed E-state index contributed by atoms with van der Waals surface area (Å²) in [7, 11) is 5.70. The molecular weight excluding hydrogens is 396 g/mol. The van der Waals surface area contributed by atoms with Gasteiger partial charge in [-0.2, -0.15) is 0 Å². The Morgan fingerprint density at radius 3 is 2.60 bits per heavy atom. The van der Waals surface area contributed by atoms with Crippen LogP contribution in [0.3, 0.4) is 0 Å². The second-order valence-corrected chi connectivity index (χ2v) is 9.00. The molecule has 6 nitrogen and oxygen atoms in total. The van der Waals surface area contributed by atoms with Crippen LogP contribution < -0.4 is 10.9 Å². The van der Waals surface area contributed by atoms with Gasteiger partial charge in [0.05, 0.1) is 5.25 Å². The number of carbonyl (C=O) groups is 1. The second-order valence-electron chi connectivity index (χ2n) is 7.83. The van der Waals surface area contributed by atoms with Crippen molar-refractivity contribution in [1.82, 2.24) is 19.8 Å². The number of rotatable bonds is 11. The lowest BCUT2D eigenvalue weighted by Crippen LogP contribution is -2.37. The maximum atomic E-state index is 13.0. The fraction of sp³-hybridized carbons (Fsp3) is 0.522. The van der Waals surface area contributed by atoms with Crippen LogP contribution in [-0.4, -0.2) is 52.8 Å². The maximum Gasteiger partial charge on any atom is 0.257 e. The Morgan fingerprint density at radius 2 is 1.97 bits per heavy atom. The highest BCUT2D eigenvalue weighted by Gasteiger charge is 2.22. The molecule has 0 spiro atoms. The first-order valence-electron chi connectivity index (χ1n) is 10.5. The molecule has 0 aliphatic carbocycles. The first kappa shape index (κ1) is 24.2. The van der Waals surface area contributed by atoms with Gasteiger partial charge in [0.15, 0.2) is 5.16 Å². The average molecular weight is 431 g/mol. The summed E-state index contributed by atoms with van der Waals surface area (Å²) >= 11 is 1.39. The van der Waals surface area contributed by atoms with E-state index in [0.717, 1.165) is 37.1 Å². The molecule has 0 bridgehead atoms. The van der Waals surface area contributed by atoms with E-state index in [9.17, 15) is 9.59 Å². The third-order valence-electron chi connectivity index (χ3n) is 4.99. The van der Waals surface area contributed by atoms with E-state index in [-0.39, 0.29) is 16.7 Å². The lowest BCUT2D eigenvalue weighted by Gasteiger charge is -2.19. The minimum atomic E-state index is -0.260. The van der Waals surface area contributed by atoms with Crippen molar-refractivity contribution >= 4 is 17.7 Å². The van der Waals surface area contributed by atoms with Crippen LogP contribution in [0.5, 0.6) is 0 Å². The Bertz CT molecular complexity index is 881. The molecule has 7 heteroatoms. The van der Waals surface area contributed by atoms with E-state index in [2.05, 4.69) is 12.2 Å². The number of hydrogen-bond donors (Lipinski definition) is 1. The Balaban J connectivity index is 2.21. The van der Waals surface area contributed by atoms with Crippen molar-refractivity contribution in [3.63, 3.8) is 0 Å². The number of unbranched alkanes of at least 4 members (excludes halogenated alkanes) is 1. The lowest BCUT2D eigenvalue weighted by atomic mass is 10.1. The largest absolute Gasteiger partial charge is 0.354 e. The predicted octanol–water partition coefficient (Wildman–Crippen LogP) is 3.01. The van der Waals surface area contributed by atoms with E-state index in [1.54, 1.807) is 11.6 Å². The van der Waals surface area contributed by atoms with E-state index >= 15 is 0 Å². The van der Waals surface area contributed by atoms with Crippen LogP contribution in [0.2, 0.25) is 0 Å². The highest BCUT2D eigenvalue weighted by Crippen LogP contribution is 2.25. The monoisotopic (exact) mass is 430 g/mol. The molecule has 0 saturated heterocycles. The molecule has 30 heavy (non-hydrogen) atoms. The summed E-state index contributed by atoms with van der Waals surface area (Å²) in [6, 6.07) is 9.94. The quantitative estimate of drug-likeness (QED) is 0.438. The summed E-state index contributed by atoms with van der Waals surface area (Å²) < 4.78 is 1.59. The summed E-state index contributed by atoms with van der Waals surface area (Å²) in [4.78, 5) is 32.5. The molecule has 1 atom stereocenters. The van der Waals surface area contributed by atoms with Gasteiger partial charge in [-0.05, 0) is 33.0 Å². The van der Waals surface area contributed by atoms with Crippen LogP contribution in [-0.2, 0) is 18.3 Å². The number of amides is 1. The standard InChI is InChI=1S/C23H34N4O2S/c1-6-7-13-20(21(28)24-14-15-26(3)4)30-23-25-17(2)19(22(29)27(23)5)16-18-11-9-8-10-12-18/h8-12,20H,6-7,13-16H2,1-5H3,(H,24,28). The van der Waals surface area contributed by atoms with E-state index < -0.39 is 0 Å². The molecule has 164 valence electrons. The first-order valence-corrected chi connectivity index (χ1v) is 11.4. The van der Waals surface area contributed by atoms with E-state index in [1.807, 2.05) is 56.3 Å². The molecule has 1 aromatic heterocycles. The first-order chi connectivity index (χ1) is 14.3. The zero-order valence-electron chi connectivity index (χ0n) is 18.8. The molecule has 2 aromatic rings. The fourth-order valence-electron chi connectivity index (χ4n) is 3.12. The number of likely N-dealkylation sites (N-methyl/N-ethyl adjacent to an activating group) is 1. The van der Waals surface area contributed by atoms with Crippen LogP contribution in [0, 0.1) is 6.92 Å². The Hall–Kier alpha value is -2.12. The molecule has 0 fully saturated rings. The summed E-state index contributed by atoms with van der Waals surface area (Å²) in [5.41, 5.74) is 2.47. The summed E-state index contributed by atoms with van der Waals surface area (Å²) in [6.45, 7) is 5.39. The third-order valence-corrected chi connectivity index (χ3v) is 6.30. The van der Waals surface area contributed by atoms with Crippen molar-refractivity contribution in [2.45, 2.75) is 49.9 Å². The number of aryl methyl sites for hydroxylation is 1. The van der Waals surface area contributed by atoms with E-state index in [1.165, 1.54) is 11.8 Å². The van der Waals surface area contributed by atoms with Gasteiger partial charge in [-0.15, -0.1) is 0 Å². The number of nitrogens with zero attached hydrogens (tertiary/aromatic N) is 3. The SMILES string of the molecule is CCCCC(Sc1nc(C)c(Cc2ccccc2)c(=O)n1C)C(=O)NCCN(C)C. The average Bonchev–Trinajstić information content (AvgIpc) is 2.72. The number of aromatic nitrogens is 2. The molecule has 1 amide bonds. The molecule has 1 heterocycles. The van der Waals surface area contributed by atoms with Gasteiger partial charge in [0.25, 0.3) is 5.56 Å². The molecule has 0 aliphatic heterocycles. The van der Waals surface area contributed by atoms with Crippen LogP contribution in [0.4, 0.5) is 0 Å². The number of nitrogens with one attached hydrogen (secondary N) is 1. The maximum absolute atomic E-state index is 13.0. The van der Waals surface area contributed by atoms with Gasteiger partial charge in [-0.1, -0.05) is 61.9 Å². The van der Waals surface area contributed by atoms with E-state index in [4.69, 9.17) is 4.98 Å². The zero-order chi connectivity index (χ0) is 22.1. The minimum absolute atomic E-state index is 0.00978. The van der Waals surface area contributed by atoms with Gasteiger partial charge >= 0.3 is 0 Å². The number of carbonyl (C=O) groups excluding carboxylic acids is 1. The van der Waals surface area contributed by atoms with Gasteiger partial charge in [-0.25, -0.2) is 4.98 Å². The van der Waals surface area contributed by atoms with Crippen molar-refractivity contribution in [2.24, 2.45) is 7.05 Å². The summed E-state index contributed by atoms with van der Waals surface area (Å²) in [5, 5.41) is 3.36. The Labute approximate surface area is 184 Å². The van der Waals surface area contributed by atoms with Crippen LogP contribution >= 0.6 is 11.8 Å². The van der Waals surface area contributed by atoms with Gasteiger partial charge in [-0.3, -0.25) is 14.2 Å². The zero-order valence-corrected chi connectivity index (χ0v) is 19.6. The van der Waals surface area contributed by atoms with Crippen molar-refractivity contribution in [3.05, 3.63) is 57.5 Å².